The van der Waals surface area contributed by atoms with Crippen LogP contribution in [-0.4, -0.2) is 59.7 Å². The minimum atomic E-state index is -5.83. The molecule has 0 saturated carbocycles. The average Bonchev–Trinajstić information content (AvgIpc) is 2.69. The Labute approximate surface area is 190 Å². The molecule has 0 aliphatic heterocycles. The van der Waals surface area contributed by atoms with E-state index < -0.39 is 46.9 Å². The van der Waals surface area contributed by atoms with E-state index in [1.165, 1.54) is 11.8 Å². The lowest BCUT2D eigenvalue weighted by atomic mass is 10.2. The molecule has 0 spiro atoms. The lowest BCUT2D eigenvalue weighted by Crippen LogP contribution is -2.31. The maximum Gasteiger partial charge on any atom is 0.501 e. The predicted molar refractivity (Wildman–Crippen MR) is 119 cm³/mol. The van der Waals surface area contributed by atoms with Crippen LogP contribution in [0.2, 0.25) is 0 Å². The summed E-state index contributed by atoms with van der Waals surface area (Å²) in [6, 6.07) is 11.2. The van der Waals surface area contributed by atoms with E-state index in [-0.39, 0.29) is 0 Å². The summed E-state index contributed by atoms with van der Waals surface area (Å²) in [6.45, 7) is 0.520. The molecule has 13 heteroatoms. The number of nitrogens with one attached hydrogen (secondary N) is 1. The second kappa shape index (κ2) is 10.4. The molecule has 0 saturated heterocycles. The summed E-state index contributed by atoms with van der Waals surface area (Å²) < 4.78 is 88.3. The molecule has 0 aliphatic carbocycles. The first-order valence-electron chi connectivity index (χ1n) is 9.30. The third-order valence-electron chi connectivity index (χ3n) is 4.36. The van der Waals surface area contributed by atoms with Crippen LogP contribution in [-0.2, 0) is 19.9 Å². The molecule has 0 amide bonds. The summed E-state index contributed by atoms with van der Waals surface area (Å²) in [5, 5.41) is 7.93. The van der Waals surface area contributed by atoms with E-state index >= 15 is 0 Å². The normalized spacial score (nSPS) is 13.8. The van der Waals surface area contributed by atoms with Gasteiger partial charge >= 0.3 is 5.51 Å². The Balaban J connectivity index is 2.52. The van der Waals surface area contributed by atoms with Crippen molar-refractivity contribution in [1.82, 2.24) is 4.90 Å². The highest BCUT2D eigenvalue weighted by Gasteiger charge is 2.48. The number of hydrogen-bond acceptors (Lipinski definition) is 7. The van der Waals surface area contributed by atoms with Crippen molar-refractivity contribution in [2.24, 2.45) is 5.14 Å². The average molecular weight is 512 g/mol. The number of benzene rings is 2. The highest BCUT2D eigenvalue weighted by Crippen LogP contribution is 2.38. The van der Waals surface area contributed by atoms with Crippen LogP contribution in [0.15, 0.2) is 63.2 Å². The zero-order chi connectivity index (χ0) is 24.2. The molecule has 32 heavy (non-hydrogen) atoms. The van der Waals surface area contributed by atoms with Crippen molar-refractivity contribution >= 4 is 37.3 Å². The molecular weight excluding hydrogens is 487 g/mol. The molecule has 1 atom stereocenters. The van der Waals surface area contributed by atoms with E-state index in [4.69, 9.17) is 5.14 Å². The minimum Gasteiger partial charge on any atom is -0.379 e. The Hall–Kier alpha value is -1.80. The van der Waals surface area contributed by atoms with Gasteiger partial charge in [-0.15, -0.1) is 11.8 Å². The highest BCUT2D eigenvalue weighted by atomic mass is 32.2. The van der Waals surface area contributed by atoms with Gasteiger partial charge in [0.15, 0.2) is 0 Å². The fraction of sp³-hybridized carbons (Fsp3) is 0.368. The molecule has 2 aromatic carbocycles. The Morgan fingerprint density at radius 2 is 1.59 bits per heavy atom. The minimum absolute atomic E-state index is 0.336. The zero-order valence-electron chi connectivity index (χ0n) is 17.3. The van der Waals surface area contributed by atoms with Crippen LogP contribution in [0.5, 0.6) is 0 Å². The molecule has 3 N–H and O–H groups in total. The number of primary sulfonamides is 1. The molecule has 0 aromatic heterocycles. The molecule has 178 valence electrons. The number of nitrogens with two attached hydrogens (primary N) is 1. The van der Waals surface area contributed by atoms with Gasteiger partial charge in [-0.2, -0.15) is 13.2 Å². The van der Waals surface area contributed by atoms with Crippen molar-refractivity contribution in [3.05, 3.63) is 48.5 Å². The molecule has 2 rings (SSSR count). The maximum absolute atomic E-state index is 13.3. The molecule has 7 nitrogen and oxygen atoms in total. The smallest absolute Gasteiger partial charge is 0.379 e. The number of sulfonamides is 1. The van der Waals surface area contributed by atoms with E-state index in [1.54, 1.807) is 14.1 Å². The standard InChI is InChI=1S/C19H24F3N3O4S3/c1-25(2)12-11-14(13-30-15-7-4-3-5-8-15)24-18-16(31(26,27)19(20,21)22)9-6-10-17(18)32(23,28)29/h3-10,14,24H,11-13H2,1-2H3,(H2,23,28,29)/t14-/m1/s1. The van der Waals surface area contributed by atoms with Crippen LogP contribution < -0.4 is 10.5 Å². The Morgan fingerprint density at radius 1 is 1.00 bits per heavy atom. The van der Waals surface area contributed by atoms with Crippen LogP contribution in [0.4, 0.5) is 18.9 Å². The van der Waals surface area contributed by atoms with Crippen molar-refractivity contribution in [2.75, 3.05) is 31.7 Å². The van der Waals surface area contributed by atoms with Gasteiger partial charge < -0.3 is 10.2 Å². The Morgan fingerprint density at radius 3 is 2.12 bits per heavy atom. The van der Waals surface area contributed by atoms with E-state index in [0.29, 0.717) is 24.8 Å². The van der Waals surface area contributed by atoms with E-state index in [2.05, 4.69) is 5.32 Å². The van der Waals surface area contributed by atoms with E-state index in [0.717, 1.165) is 17.0 Å². The van der Waals surface area contributed by atoms with Gasteiger partial charge in [-0.25, -0.2) is 22.0 Å². The summed E-state index contributed by atoms with van der Waals surface area (Å²) in [7, 11) is -6.74. The number of alkyl halides is 3. The van der Waals surface area contributed by atoms with Crippen LogP contribution in [0.25, 0.3) is 0 Å². The number of thioether (sulfide) groups is 1. The molecule has 0 heterocycles. The fourth-order valence-electron chi connectivity index (χ4n) is 2.77. The van der Waals surface area contributed by atoms with E-state index in [9.17, 15) is 30.0 Å². The molecule has 0 unspecified atom stereocenters. The zero-order valence-corrected chi connectivity index (χ0v) is 19.8. The second-order valence-electron chi connectivity index (χ2n) is 7.18. The monoisotopic (exact) mass is 511 g/mol. The van der Waals surface area contributed by atoms with Crippen molar-refractivity contribution in [3.8, 4) is 0 Å². The summed E-state index contributed by atoms with van der Waals surface area (Å²) in [6.07, 6.45) is 0.400. The summed E-state index contributed by atoms with van der Waals surface area (Å²) in [5.74, 6) is 0.336. The maximum atomic E-state index is 13.3. The quantitative estimate of drug-likeness (QED) is 0.472. The number of anilines is 1. The molecule has 0 radical (unpaired) electrons. The van der Waals surface area contributed by atoms with Gasteiger partial charge in [-0.3, -0.25) is 0 Å². The number of hydrogen-bond donors (Lipinski definition) is 2. The van der Waals surface area contributed by atoms with Gasteiger partial charge in [0.05, 0.1) is 5.69 Å². The molecular formula is C19H24F3N3O4S3. The molecule has 0 fully saturated rings. The number of rotatable bonds is 10. The first-order valence-corrected chi connectivity index (χ1v) is 13.3. The third-order valence-corrected chi connectivity index (χ3v) is 8.01. The van der Waals surface area contributed by atoms with Crippen LogP contribution in [0.3, 0.4) is 0 Å². The lowest BCUT2D eigenvalue weighted by molar-refractivity contribution is -0.0435. The molecule has 0 bridgehead atoms. The Bertz CT molecular complexity index is 1120. The molecule has 0 aliphatic rings. The predicted octanol–water partition coefficient (Wildman–Crippen LogP) is 3.15. The third kappa shape index (κ3) is 6.85. The SMILES string of the molecule is CN(C)CC[C@H](CSc1ccccc1)Nc1c(S(N)(=O)=O)cccc1S(=O)(=O)C(F)(F)F. The number of para-hydroxylation sites is 1. The highest BCUT2D eigenvalue weighted by molar-refractivity contribution is 7.99. The van der Waals surface area contributed by atoms with Crippen molar-refractivity contribution < 1.29 is 30.0 Å². The van der Waals surface area contributed by atoms with Gasteiger partial charge in [0, 0.05) is 16.7 Å². The van der Waals surface area contributed by atoms with Gasteiger partial charge in [0.2, 0.25) is 10.0 Å². The first-order chi connectivity index (χ1) is 14.7. The summed E-state index contributed by atoms with van der Waals surface area (Å²) >= 11 is 1.40. The number of sulfone groups is 1. The van der Waals surface area contributed by atoms with Gasteiger partial charge in [0.25, 0.3) is 9.84 Å². The van der Waals surface area contributed by atoms with Crippen molar-refractivity contribution in [3.63, 3.8) is 0 Å². The summed E-state index contributed by atoms with van der Waals surface area (Å²) in [5.41, 5.74) is -6.29. The van der Waals surface area contributed by atoms with E-state index in [1.807, 2.05) is 35.2 Å². The first kappa shape index (κ1) is 26.5. The second-order valence-corrected chi connectivity index (χ2v) is 11.7. The van der Waals surface area contributed by atoms with Gasteiger partial charge in [-0.05, 0) is 51.3 Å². The van der Waals surface area contributed by atoms with Crippen LogP contribution in [0, 0.1) is 0 Å². The largest absolute Gasteiger partial charge is 0.501 e. The van der Waals surface area contributed by atoms with Crippen molar-refractivity contribution in [2.45, 2.75) is 32.7 Å². The van der Waals surface area contributed by atoms with Gasteiger partial charge in [0.1, 0.15) is 9.79 Å². The molecule has 2 aromatic rings. The van der Waals surface area contributed by atoms with Crippen LogP contribution >= 0.6 is 11.8 Å². The van der Waals surface area contributed by atoms with Crippen LogP contribution in [0.1, 0.15) is 6.42 Å². The topological polar surface area (TPSA) is 110 Å². The Kier molecular flexibility index (Phi) is 8.62. The summed E-state index contributed by atoms with van der Waals surface area (Å²) in [4.78, 5) is 0.839. The number of halogens is 3. The lowest BCUT2D eigenvalue weighted by Gasteiger charge is -2.25. The number of nitrogens with zero attached hydrogens (tertiary/aromatic N) is 1. The van der Waals surface area contributed by atoms with Gasteiger partial charge in [-0.1, -0.05) is 24.3 Å². The fourth-order valence-corrected chi connectivity index (χ4v) is 5.49. The van der Waals surface area contributed by atoms with Crippen molar-refractivity contribution in [1.29, 1.82) is 0 Å².